The zero-order chi connectivity index (χ0) is 24.4. The van der Waals surface area contributed by atoms with Gasteiger partial charge >= 0.3 is 6.09 Å². The van der Waals surface area contributed by atoms with E-state index in [-0.39, 0.29) is 24.5 Å². The third-order valence-electron chi connectivity index (χ3n) is 6.53. The first-order chi connectivity index (χ1) is 15.7. The molecule has 8 nitrogen and oxygen atoms in total. The number of rotatable bonds is 11. The van der Waals surface area contributed by atoms with Gasteiger partial charge in [-0.1, -0.05) is 33.1 Å². The van der Waals surface area contributed by atoms with E-state index in [1.807, 2.05) is 20.8 Å². The maximum atomic E-state index is 13.7. The molecule has 2 aliphatic rings. The van der Waals surface area contributed by atoms with E-state index in [0.717, 1.165) is 25.0 Å². The number of alkyl carbamates (subject to hydrolysis) is 1. The van der Waals surface area contributed by atoms with Gasteiger partial charge in [0.05, 0.1) is 6.61 Å². The molecule has 2 rings (SSSR count). The van der Waals surface area contributed by atoms with Crippen LogP contribution in [0.3, 0.4) is 0 Å². The Bertz CT molecular complexity index is 654. The highest BCUT2D eigenvalue weighted by atomic mass is 32.2. The summed E-state index contributed by atoms with van der Waals surface area (Å²) in [7, 11) is 0. The van der Waals surface area contributed by atoms with E-state index in [4.69, 9.17) is 10.5 Å². The number of nitrogens with zero attached hydrogens (tertiary/aromatic N) is 1. The molecule has 1 saturated carbocycles. The van der Waals surface area contributed by atoms with Crippen LogP contribution in [0.1, 0.15) is 79.1 Å². The van der Waals surface area contributed by atoms with E-state index < -0.39 is 22.9 Å². The summed E-state index contributed by atoms with van der Waals surface area (Å²) in [5.41, 5.74) is 6.20. The van der Waals surface area contributed by atoms with Crippen LogP contribution in [-0.4, -0.2) is 71.1 Å². The Labute approximate surface area is 203 Å². The van der Waals surface area contributed by atoms with Gasteiger partial charge < -0.3 is 26.0 Å². The molecule has 0 spiro atoms. The Morgan fingerprint density at radius 1 is 1.15 bits per heavy atom. The number of ether oxygens (including phenoxy) is 1. The lowest BCUT2D eigenvalue weighted by atomic mass is 9.89. The third kappa shape index (κ3) is 8.35. The SMILES string of the molecule is CCCOC(=O)N[C@@H](C(=O)N1C[C@H](N)C[C@H]1C(=O)NCC1CCCCC1)C(C)(C)SCCC. The molecule has 1 aliphatic heterocycles. The van der Waals surface area contributed by atoms with E-state index in [2.05, 4.69) is 17.6 Å². The van der Waals surface area contributed by atoms with Gasteiger partial charge in [0.2, 0.25) is 11.8 Å². The van der Waals surface area contributed by atoms with Gasteiger partial charge in [0.1, 0.15) is 12.1 Å². The monoisotopic (exact) mass is 484 g/mol. The molecule has 33 heavy (non-hydrogen) atoms. The predicted molar refractivity (Wildman–Crippen MR) is 133 cm³/mol. The highest BCUT2D eigenvalue weighted by molar-refractivity contribution is 8.00. The summed E-state index contributed by atoms with van der Waals surface area (Å²) in [5, 5.41) is 5.86. The third-order valence-corrected chi connectivity index (χ3v) is 8.12. The minimum atomic E-state index is -0.822. The van der Waals surface area contributed by atoms with Gasteiger partial charge in [-0.2, -0.15) is 11.8 Å². The maximum absolute atomic E-state index is 13.7. The van der Waals surface area contributed by atoms with Gasteiger partial charge in [-0.05, 0) is 57.6 Å². The highest BCUT2D eigenvalue weighted by Crippen LogP contribution is 2.32. The van der Waals surface area contributed by atoms with E-state index in [0.29, 0.717) is 31.8 Å². The molecule has 2 fully saturated rings. The van der Waals surface area contributed by atoms with Crippen molar-refractivity contribution in [3.8, 4) is 0 Å². The Hall–Kier alpha value is -1.48. The Morgan fingerprint density at radius 3 is 2.48 bits per heavy atom. The number of nitrogens with two attached hydrogens (primary N) is 1. The van der Waals surface area contributed by atoms with E-state index in [1.165, 1.54) is 19.3 Å². The molecular weight excluding hydrogens is 440 g/mol. The predicted octanol–water partition coefficient (Wildman–Crippen LogP) is 3.04. The molecular formula is C24H44N4O4S. The van der Waals surface area contributed by atoms with Crippen molar-refractivity contribution in [3.05, 3.63) is 0 Å². The second-order valence-corrected chi connectivity index (χ2v) is 11.7. The van der Waals surface area contributed by atoms with Gasteiger partial charge in [-0.15, -0.1) is 0 Å². The van der Waals surface area contributed by atoms with Crippen molar-refractivity contribution in [1.82, 2.24) is 15.5 Å². The lowest BCUT2D eigenvalue weighted by Crippen LogP contribution is -2.60. The van der Waals surface area contributed by atoms with Crippen LogP contribution in [0.25, 0.3) is 0 Å². The standard InChI is InChI=1S/C24H44N4O4S/c1-5-12-32-23(31)27-20(24(3,4)33-13-6-2)22(30)28-16-18(25)14-19(28)21(29)26-15-17-10-8-7-9-11-17/h17-20H,5-16,25H2,1-4H3,(H,26,29)(H,27,31)/t18-,19+,20+/m1/s1. The molecule has 0 aromatic carbocycles. The lowest BCUT2D eigenvalue weighted by Gasteiger charge is -2.37. The number of likely N-dealkylation sites (tertiary alicyclic amines) is 1. The smallest absolute Gasteiger partial charge is 0.407 e. The maximum Gasteiger partial charge on any atom is 0.407 e. The van der Waals surface area contributed by atoms with E-state index >= 15 is 0 Å². The number of amides is 3. The minimum absolute atomic E-state index is 0.145. The molecule has 190 valence electrons. The van der Waals surface area contributed by atoms with Crippen molar-refractivity contribution in [1.29, 1.82) is 0 Å². The highest BCUT2D eigenvalue weighted by Gasteiger charge is 2.45. The second-order valence-electron chi connectivity index (χ2n) is 9.92. The van der Waals surface area contributed by atoms with Crippen LogP contribution >= 0.6 is 11.8 Å². The molecule has 1 aliphatic carbocycles. The average Bonchev–Trinajstić information content (AvgIpc) is 3.20. The Kier molecular flexibility index (Phi) is 11.3. The summed E-state index contributed by atoms with van der Waals surface area (Å²) < 4.78 is 4.63. The number of carbonyl (C=O) groups is 3. The normalized spacial score (nSPS) is 22.6. The number of carbonyl (C=O) groups excluding carboxylic acids is 3. The molecule has 0 aromatic heterocycles. The molecule has 0 unspecified atom stereocenters. The summed E-state index contributed by atoms with van der Waals surface area (Å²) in [6.07, 6.45) is 7.45. The second kappa shape index (κ2) is 13.4. The quantitative estimate of drug-likeness (QED) is 0.415. The zero-order valence-corrected chi connectivity index (χ0v) is 21.7. The Balaban J connectivity index is 2.12. The average molecular weight is 485 g/mol. The number of thioether (sulfide) groups is 1. The minimum Gasteiger partial charge on any atom is -0.450 e. The van der Waals surface area contributed by atoms with Crippen LogP contribution in [0, 0.1) is 5.92 Å². The van der Waals surface area contributed by atoms with Crippen LogP contribution in [0.4, 0.5) is 4.79 Å². The van der Waals surface area contributed by atoms with Gasteiger partial charge in [0.15, 0.2) is 0 Å². The van der Waals surface area contributed by atoms with Crippen LogP contribution in [0.5, 0.6) is 0 Å². The van der Waals surface area contributed by atoms with Crippen molar-refractivity contribution in [2.75, 3.05) is 25.4 Å². The van der Waals surface area contributed by atoms with E-state index in [9.17, 15) is 14.4 Å². The van der Waals surface area contributed by atoms with Crippen molar-refractivity contribution in [3.63, 3.8) is 0 Å². The molecule has 1 saturated heterocycles. The van der Waals surface area contributed by atoms with Crippen LogP contribution in [0.2, 0.25) is 0 Å². The molecule has 3 atom stereocenters. The van der Waals surface area contributed by atoms with Gasteiger partial charge in [-0.3, -0.25) is 9.59 Å². The largest absolute Gasteiger partial charge is 0.450 e. The topological polar surface area (TPSA) is 114 Å². The fourth-order valence-electron chi connectivity index (χ4n) is 4.62. The van der Waals surface area contributed by atoms with Crippen LogP contribution in [0.15, 0.2) is 0 Å². The zero-order valence-electron chi connectivity index (χ0n) is 20.9. The molecule has 4 N–H and O–H groups in total. The fraction of sp³-hybridized carbons (Fsp3) is 0.875. The van der Waals surface area contributed by atoms with E-state index in [1.54, 1.807) is 16.7 Å². The summed E-state index contributed by atoms with van der Waals surface area (Å²) in [6, 6.07) is -1.70. The van der Waals surface area contributed by atoms with Crippen molar-refractivity contribution in [2.24, 2.45) is 11.7 Å². The molecule has 9 heteroatoms. The van der Waals surface area contributed by atoms with Crippen LogP contribution < -0.4 is 16.4 Å². The van der Waals surface area contributed by atoms with Crippen molar-refractivity contribution in [2.45, 2.75) is 102 Å². The summed E-state index contributed by atoms with van der Waals surface area (Å²) in [5.74, 6) is 0.942. The lowest BCUT2D eigenvalue weighted by molar-refractivity contribution is -0.140. The summed E-state index contributed by atoms with van der Waals surface area (Å²) in [4.78, 5) is 40.8. The first-order valence-electron chi connectivity index (χ1n) is 12.6. The molecule has 0 bridgehead atoms. The van der Waals surface area contributed by atoms with Crippen molar-refractivity contribution >= 4 is 29.7 Å². The van der Waals surface area contributed by atoms with Gasteiger partial charge in [0.25, 0.3) is 0 Å². The Morgan fingerprint density at radius 2 is 1.85 bits per heavy atom. The molecule has 1 heterocycles. The number of hydrogen-bond acceptors (Lipinski definition) is 6. The molecule has 0 aromatic rings. The summed E-state index contributed by atoms with van der Waals surface area (Å²) in [6.45, 7) is 9.13. The first kappa shape index (κ1) is 27.8. The van der Waals surface area contributed by atoms with Crippen LogP contribution in [-0.2, 0) is 14.3 Å². The first-order valence-corrected chi connectivity index (χ1v) is 13.6. The number of hydrogen-bond donors (Lipinski definition) is 3. The van der Waals surface area contributed by atoms with Gasteiger partial charge in [-0.25, -0.2) is 4.79 Å². The number of nitrogens with one attached hydrogen (secondary N) is 2. The molecule has 3 amide bonds. The fourth-order valence-corrected chi connectivity index (χ4v) is 5.67. The van der Waals surface area contributed by atoms with Crippen molar-refractivity contribution < 1.29 is 19.1 Å². The summed E-state index contributed by atoms with van der Waals surface area (Å²) >= 11 is 1.63. The van der Waals surface area contributed by atoms with Gasteiger partial charge in [0, 0.05) is 23.9 Å². The molecule has 0 radical (unpaired) electrons.